The number of anilines is 1. The van der Waals surface area contributed by atoms with E-state index in [1.807, 2.05) is 0 Å². The third-order valence-corrected chi connectivity index (χ3v) is 2.40. The van der Waals surface area contributed by atoms with Crippen molar-refractivity contribution in [3.05, 3.63) is 29.8 Å². The van der Waals surface area contributed by atoms with Crippen LogP contribution in [0.2, 0.25) is 0 Å². The molecule has 3 N–H and O–H groups in total. The van der Waals surface area contributed by atoms with Gasteiger partial charge in [0.2, 0.25) is 5.91 Å². The van der Waals surface area contributed by atoms with Crippen LogP contribution in [-0.4, -0.2) is 35.0 Å². The van der Waals surface area contributed by atoms with Crippen molar-refractivity contribution in [1.29, 1.82) is 0 Å². The number of aliphatic carboxylic acids is 1. The quantitative estimate of drug-likeness (QED) is 0.739. The van der Waals surface area contributed by atoms with Crippen molar-refractivity contribution in [2.75, 3.05) is 18.8 Å². The number of nitrogens with two attached hydrogens (primary N) is 1. The Kier molecular flexibility index (Phi) is 4.51. The number of amides is 1. The summed E-state index contributed by atoms with van der Waals surface area (Å²) in [6.07, 6.45) is 0.196. The maximum absolute atomic E-state index is 11.8. The molecule has 92 valence electrons. The van der Waals surface area contributed by atoms with Crippen LogP contribution < -0.4 is 5.73 Å². The summed E-state index contributed by atoms with van der Waals surface area (Å²) in [6, 6.07) is 6.97. The molecule has 1 amide bonds. The molecule has 0 unspecified atom stereocenters. The van der Waals surface area contributed by atoms with Gasteiger partial charge in [0, 0.05) is 12.2 Å². The minimum Gasteiger partial charge on any atom is -0.480 e. The van der Waals surface area contributed by atoms with Crippen LogP contribution in [0.4, 0.5) is 5.69 Å². The van der Waals surface area contributed by atoms with E-state index in [0.29, 0.717) is 12.2 Å². The summed E-state index contributed by atoms with van der Waals surface area (Å²) >= 11 is 0. The molecule has 0 saturated carbocycles. The minimum atomic E-state index is -1.00. The van der Waals surface area contributed by atoms with Crippen molar-refractivity contribution in [2.45, 2.75) is 13.3 Å². The van der Waals surface area contributed by atoms with Gasteiger partial charge in [-0.1, -0.05) is 12.1 Å². The van der Waals surface area contributed by atoms with Gasteiger partial charge in [-0.2, -0.15) is 0 Å². The smallest absolute Gasteiger partial charge is 0.323 e. The Bertz CT molecular complexity index is 401. The lowest BCUT2D eigenvalue weighted by Gasteiger charge is -2.18. The molecule has 0 aliphatic rings. The van der Waals surface area contributed by atoms with Gasteiger partial charge in [0.25, 0.3) is 0 Å². The molecular weight excluding hydrogens is 220 g/mol. The number of carbonyl (C=O) groups excluding carboxylic acids is 1. The first-order valence-corrected chi connectivity index (χ1v) is 5.37. The summed E-state index contributed by atoms with van der Waals surface area (Å²) in [5, 5.41) is 8.66. The largest absolute Gasteiger partial charge is 0.480 e. The monoisotopic (exact) mass is 236 g/mol. The summed E-state index contributed by atoms with van der Waals surface area (Å²) in [6.45, 7) is 1.88. The fourth-order valence-corrected chi connectivity index (χ4v) is 1.46. The number of rotatable bonds is 5. The van der Waals surface area contributed by atoms with Gasteiger partial charge in [-0.05, 0) is 24.6 Å². The Morgan fingerprint density at radius 3 is 2.35 bits per heavy atom. The van der Waals surface area contributed by atoms with E-state index in [1.54, 1.807) is 31.2 Å². The van der Waals surface area contributed by atoms with E-state index in [1.165, 1.54) is 4.90 Å². The second kappa shape index (κ2) is 5.89. The van der Waals surface area contributed by atoms with E-state index in [4.69, 9.17) is 10.8 Å². The number of benzene rings is 1. The normalized spacial score (nSPS) is 9.94. The van der Waals surface area contributed by atoms with Gasteiger partial charge in [-0.25, -0.2) is 0 Å². The van der Waals surface area contributed by atoms with Crippen molar-refractivity contribution in [3.8, 4) is 0 Å². The van der Waals surface area contributed by atoms with Gasteiger partial charge in [0.05, 0.1) is 6.42 Å². The second-order valence-electron chi connectivity index (χ2n) is 3.72. The molecule has 0 aliphatic heterocycles. The van der Waals surface area contributed by atoms with Crippen LogP contribution in [-0.2, 0) is 16.0 Å². The lowest BCUT2D eigenvalue weighted by atomic mass is 10.1. The molecule has 0 bridgehead atoms. The molecule has 1 aromatic rings. The molecule has 0 spiro atoms. The summed E-state index contributed by atoms with van der Waals surface area (Å²) < 4.78 is 0. The topological polar surface area (TPSA) is 83.6 Å². The molecule has 0 fully saturated rings. The Morgan fingerprint density at radius 2 is 1.88 bits per heavy atom. The Morgan fingerprint density at radius 1 is 1.29 bits per heavy atom. The van der Waals surface area contributed by atoms with Gasteiger partial charge in [-0.15, -0.1) is 0 Å². The fraction of sp³-hybridized carbons (Fsp3) is 0.333. The van der Waals surface area contributed by atoms with Crippen molar-refractivity contribution < 1.29 is 14.7 Å². The van der Waals surface area contributed by atoms with E-state index in [9.17, 15) is 9.59 Å². The zero-order valence-corrected chi connectivity index (χ0v) is 9.72. The van der Waals surface area contributed by atoms with Crippen LogP contribution in [0.15, 0.2) is 24.3 Å². The predicted octanol–water partition coefficient (Wildman–Crippen LogP) is 0.744. The molecule has 1 aromatic carbocycles. The highest BCUT2D eigenvalue weighted by Gasteiger charge is 2.14. The Hall–Kier alpha value is -2.04. The zero-order chi connectivity index (χ0) is 12.8. The van der Waals surface area contributed by atoms with Gasteiger partial charge in [0.15, 0.2) is 0 Å². The number of hydrogen-bond donors (Lipinski definition) is 2. The first-order valence-electron chi connectivity index (χ1n) is 5.37. The molecule has 0 aliphatic carbocycles. The number of carboxylic acid groups (broad SMARTS) is 1. The van der Waals surface area contributed by atoms with E-state index in [0.717, 1.165) is 5.56 Å². The van der Waals surface area contributed by atoms with Crippen molar-refractivity contribution >= 4 is 17.6 Å². The SMILES string of the molecule is CCN(CC(=O)O)C(=O)Cc1ccc(N)cc1. The molecule has 0 saturated heterocycles. The minimum absolute atomic E-state index is 0.195. The number of hydrogen-bond acceptors (Lipinski definition) is 3. The Balaban J connectivity index is 2.63. The first kappa shape index (κ1) is 13.0. The summed E-state index contributed by atoms with van der Waals surface area (Å²) in [5.41, 5.74) is 7.00. The van der Waals surface area contributed by atoms with Crippen molar-refractivity contribution in [2.24, 2.45) is 0 Å². The molecule has 5 heteroatoms. The maximum atomic E-state index is 11.8. The molecular formula is C12H16N2O3. The van der Waals surface area contributed by atoms with Crippen LogP contribution in [0.1, 0.15) is 12.5 Å². The van der Waals surface area contributed by atoms with Crippen LogP contribution in [0, 0.1) is 0 Å². The highest BCUT2D eigenvalue weighted by molar-refractivity contribution is 5.83. The number of nitrogen functional groups attached to an aromatic ring is 1. The lowest BCUT2D eigenvalue weighted by molar-refractivity contribution is -0.144. The van der Waals surface area contributed by atoms with Crippen LogP contribution in [0.25, 0.3) is 0 Å². The van der Waals surface area contributed by atoms with Crippen molar-refractivity contribution in [1.82, 2.24) is 4.90 Å². The van der Waals surface area contributed by atoms with E-state index in [-0.39, 0.29) is 18.9 Å². The van der Waals surface area contributed by atoms with E-state index in [2.05, 4.69) is 0 Å². The zero-order valence-electron chi connectivity index (χ0n) is 9.72. The van der Waals surface area contributed by atoms with Crippen LogP contribution in [0.5, 0.6) is 0 Å². The van der Waals surface area contributed by atoms with Crippen LogP contribution in [0.3, 0.4) is 0 Å². The average molecular weight is 236 g/mol. The lowest BCUT2D eigenvalue weighted by Crippen LogP contribution is -2.36. The van der Waals surface area contributed by atoms with Gasteiger partial charge in [-0.3, -0.25) is 9.59 Å². The van der Waals surface area contributed by atoms with Crippen LogP contribution >= 0.6 is 0 Å². The molecule has 0 atom stereocenters. The number of likely N-dealkylation sites (N-methyl/N-ethyl adjacent to an activating group) is 1. The first-order chi connectivity index (χ1) is 8.02. The molecule has 1 rings (SSSR count). The summed E-state index contributed by atoms with van der Waals surface area (Å²) in [7, 11) is 0. The maximum Gasteiger partial charge on any atom is 0.323 e. The number of carbonyl (C=O) groups is 2. The number of nitrogens with zero attached hydrogens (tertiary/aromatic N) is 1. The van der Waals surface area contributed by atoms with Gasteiger partial charge in [0.1, 0.15) is 6.54 Å². The summed E-state index contributed by atoms with van der Waals surface area (Å²) in [5.74, 6) is -1.20. The molecule has 0 radical (unpaired) electrons. The van der Waals surface area contributed by atoms with Gasteiger partial charge < -0.3 is 15.7 Å². The summed E-state index contributed by atoms with van der Waals surface area (Å²) in [4.78, 5) is 23.7. The average Bonchev–Trinajstić information content (AvgIpc) is 2.28. The second-order valence-corrected chi connectivity index (χ2v) is 3.72. The number of carboxylic acids is 1. The Labute approximate surface area is 99.8 Å². The highest BCUT2D eigenvalue weighted by Crippen LogP contribution is 2.07. The molecule has 17 heavy (non-hydrogen) atoms. The molecule has 0 aromatic heterocycles. The predicted molar refractivity (Wildman–Crippen MR) is 64.4 cm³/mol. The third kappa shape index (κ3) is 4.14. The fourth-order valence-electron chi connectivity index (χ4n) is 1.46. The third-order valence-electron chi connectivity index (χ3n) is 2.40. The van der Waals surface area contributed by atoms with E-state index >= 15 is 0 Å². The highest BCUT2D eigenvalue weighted by atomic mass is 16.4. The molecule has 0 heterocycles. The standard InChI is InChI=1S/C12H16N2O3/c1-2-14(8-12(16)17)11(15)7-9-3-5-10(13)6-4-9/h3-6H,2,7-8,13H2,1H3,(H,16,17). The van der Waals surface area contributed by atoms with E-state index < -0.39 is 5.97 Å². The molecule has 5 nitrogen and oxygen atoms in total. The van der Waals surface area contributed by atoms with Crippen molar-refractivity contribution in [3.63, 3.8) is 0 Å². The van der Waals surface area contributed by atoms with Gasteiger partial charge >= 0.3 is 5.97 Å².